The van der Waals surface area contributed by atoms with Crippen LogP contribution in [0.3, 0.4) is 0 Å². The summed E-state index contributed by atoms with van der Waals surface area (Å²) in [5.41, 5.74) is -0.400. The monoisotopic (exact) mass is 258 g/mol. The van der Waals surface area contributed by atoms with Gasteiger partial charge in [0, 0.05) is 12.7 Å². The van der Waals surface area contributed by atoms with Crippen LogP contribution in [0.4, 0.5) is 13.2 Å². The first kappa shape index (κ1) is 13.1. The third kappa shape index (κ3) is 2.27. The van der Waals surface area contributed by atoms with Crippen LogP contribution >= 0.6 is 0 Å². The Kier molecular flexibility index (Phi) is 3.71. The molecule has 1 aliphatic heterocycles. The fourth-order valence-electron chi connectivity index (χ4n) is 2.26. The zero-order valence-corrected chi connectivity index (χ0v) is 9.88. The van der Waals surface area contributed by atoms with E-state index >= 15 is 0 Å². The van der Waals surface area contributed by atoms with Gasteiger partial charge in [-0.25, -0.2) is 13.2 Å². The highest BCUT2D eigenvalue weighted by Crippen LogP contribution is 2.28. The van der Waals surface area contributed by atoms with Crippen molar-refractivity contribution in [1.29, 1.82) is 0 Å². The average molecular weight is 258 g/mol. The summed E-state index contributed by atoms with van der Waals surface area (Å²) >= 11 is 0. The number of hydrogen-bond donors (Lipinski definition) is 0. The number of hydrogen-bond acceptors (Lipinski definition) is 2. The number of benzene rings is 1. The first-order valence-corrected chi connectivity index (χ1v) is 5.85. The van der Waals surface area contributed by atoms with E-state index in [2.05, 4.69) is 0 Å². The molecule has 2 nitrogen and oxygen atoms in total. The Morgan fingerprint density at radius 1 is 1.28 bits per heavy atom. The quantitative estimate of drug-likeness (QED) is 0.615. The molecule has 1 aromatic carbocycles. The van der Waals surface area contributed by atoms with Gasteiger partial charge in [-0.1, -0.05) is 6.92 Å². The van der Waals surface area contributed by atoms with E-state index in [0.717, 1.165) is 0 Å². The van der Waals surface area contributed by atoms with Gasteiger partial charge in [0.25, 0.3) is 0 Å². The van der Waals surface area contributed by atoms with E-state index < -0.39 is 34.7 Å². The summed E-state index contributed by atoms with van der Waals surface area (Å²) in [5.74, 6) is -4.53. The van der Waals surface area contributed by atoms with E-state index in [0.29, 0.717) is 31.6 Å². The Hall–Kier alpha value is -1.36. The average Bonchev–Trinajstić information content (AvgIpc) is 2.81. The van der Waals surface area contributed by atoms with Crippen molar-refractivity contribution in [2.24, 2.45) is 5.92 Å². The predicted octanol–water partition coefficient (Wildman–Crippen LogP) is 3.10. The van der Waals surface area contributed by atoms with E-state index in [1.165, 1.54) is 0 Å². The summed E-state index contributed by atoms with van der Waals surface area (Å²) in [5, 5.41) is 0. The SMILES string of the molecule is CCC1OCCC1C(=O)c1cc(F)c(F)cc1F. The fourth-order valence-corrected chi connectivity index (χ4v) is 2.26. The highest BCUT2D eigenvalue weighted by atomic mass is 19.2. The summed E-state index contributed by atoms with van der Waals surface area (Å²) < 4.78 is 44.7. The largest absolute Gasteiger partial charge is 0.377 e. The molecule has 2 rings (SSSR count). The maximum Gasteiger partial charge on any atom is 0.171 e. The van der Waals surface area contributed by atoms with Crippen molar-refractivity contribution in [1.82, 2.24) is 0 Å². The number of rotatable bonds is 3. The molecule has 5 heteroatoms. The van der Waals surface area contributed by atoms with E-state index in [4.69, 9.17) is 4.74 Å². The van der Waals surface area contributed by atoms with Crippen LogP contribution in [-0.4, -0.2) is 18.5 Å². The molecule has 0 aromatic heterocycles. The molecule has 2 unspecified atom stereocenters. The second-order valence-corrected chi connectivity index (χ2v) is 4.32. The number of carbonyl (C=O) groups is 1. The lowest BCUT2D eigenvalue weighted by Crippen LogP contribution is -2.24. The summed E-state index contributed by atoms with van der Waals surface area (Å²) in [6.07, 6.45) is 0.835. The molecule has 2 atom stereocenters. The number of Topliss-reactive ketones (excluding diaryl/α,β-unsaturated/α-hetero) is 1. The lowest BCUT2D eigenvalue weighted by atomic mass is 9.90. The summed E-state index contributed by atoms with van der Waals surface area (Å²) in [6.45, 7) is 2.29. The van der Waals surface area contributed by atoms with E-state index in [1.54, 1.807) is 0 Å². The van der Waals surface area contributed by atoms with Gasteiger partial charge in [-0.05, 0) is 18.9 Å². The van der Waals surface area contributed by atoms with Gasteiger partial charge in [-0.3, -0.25) is 4.79 Å². The molecule has 1 aliphatic rings. The second-order valence-electron chi connectivity index (χ2n) is 4.32. The normalized spacial score (nSPS) is 23.3. The fraction of sp³-hybridized carbons (Fsp3) is 0.462. The van der Waals surface area contributed by atoms with E-state index in [1.807, 2.05) is 6.92 Å². The Balaban J connectivity index is 2.31. The highest BCUT2D eigenvalue weighted by Gasteiger charge is 2.34. The molecule has 1 aromatic rings. The minimum Gasteiger partial charge on any atom is -0.377 e. The van der Waals surface area contributed by atoms with E-state index in [9.17, 15) is 18.0 Å². The molecule has 0 aliphatic carbocycles. The van der Waals surface area contributed by atoms with Gasteiger partial charge < -0.3 is 4.74 Å². The zero-order valence-electron chi connectivity index (χ0n) is 9.88. The molecule has 1 fully saturated rings. The molecular weight excluding hydrogens is 245 g/mol. The van der Waals surface area contributed by atoms with Crippen molar-refractivity contribution in [2.75, 3.05) is 6.61 Å². The molecule has 0 bridgehead atoms. The molecule has 0 amide bonds. The standard InChI is InChI=1S/C13H13F3O2/c1-2-12-7(3-4-18-12)13(17)8-5-10(15)11(16)6-9(8)14/h5-7,12H,2-4H2,1H3. The lowest BCUT2D eigenvalue weighted by molar-refractivity contribution is 0.0685. The molecule has 1 saturated heterocycles. The van der Waals surface area contributed by atoms with Gasteiger partial charge in [0.1, 0.15) is 5.82 Å². The van der Waals surface area contributed by atoms with E-state index in [-0.39, 0.29) is 6.10 Å². The van der Waals surface area contributed by atoms with Crippen LogP contribution in [-0.2, 0) is 4.74 Å². The van der Waals surface area contributed by atoms with Crippen LogP contribution in [0.5, 0.6) is 0 Å². The van der Waals surface area contributed by atoms with Crippen molar-refractivity contribution >= 4 is 5.78 Å². The molecule has 0 radical (unpaired) electrons. The maximum atomic E-state index is 13.5. The van der Waals surface area contributed by atoms with Crippen molar-refractivity contribution in [3.8, 4) is 0 Å². The van der Waals surface area contributed by atoms with Gasteiger partial charge in [0.15, 0.2) is 17.4 Å². The Labute approximate surface area is 103 Å². The van der Waals surface area contributed by atoms with Crippen LogP contribution in [0, 0.1) is 23.4 Å². The molecule has 1 heterocycles. The van der Waals surface area contributed by atoms with Crippen molar-refractivity contribution in [3.05, 3.63) is 35.1 Å². The lowest BCUT2D eigenvalue weighted by Gasteiger charge is -2.15. The second kappa shape index (κ2) is 5.10. The summed E-state index contributed by atoms with van der Waals surface area (Å²) in [4.78, 5) is 12.1. The Bertz CT molecular complexity index is 474. The first-order valence-electron chi connectivity index (χ1n) is 5.85. The van der Waals surface area contributed by atoms with Crippen molar-refractivity contribution in [3.63, 3.8) is 0 Å². The van der Waals surface area contributed by atoms with Gasteiger partial charge in [0.05, 0.1) is 17.6 Å². The van der Waals surface area contributed by atoms with Crippen LogP contribution < -0.4 is 0 Å². The summed E-state index contributed by atoms with van der Waals surface area (Å²) in [7, 11) is 0. The Morgan fingerprint density at radius 3 is 2.61 bits per heavy atom. The number of halogens is 3. The van der Waals surface area contributed by atoms with Gasteiger partial charge in [-0.2, -0.15) is 0 Å². The minimum absolute atomic E-state index is 0.273. The smallest absolute Gasteiger partial charge is 0.171 e. The minimum atomic E-state index is -1.29. The van der Waals surface area contributed by atoms with Crippen LogP contribution in [0.15, 0.2) is 12.1 Å². The Morgan fingerprint density at radius 2 is 1.94 bits per heavy atom. The topological polar surface area (TPSA) is 26.3 Å². The number of carbonyl (C=O) groups excluding carboxylic acids is 1. The van der Waals surface area contributed by atoms with Crippen LogP contribution in [0.1, 0.15) is 30.1 Å². The third-order valence-electron chi connectivity index (χ3n) is 3.22. The van der Waals surface area contributed by atoms with Crippen LogP contribution in [0.2, 0.25) is 0 Å². The number of ether oxygens (including phenoxy) is 1. The van der Waals surface area contributed by atoms with Gasteiger partial charge in [0.2, 0.25) is 0 Å². The summed E-state index contributed by atoms with van der Waals surface area (Å²) in [6, 6.07) is 1.03. The van der Waals surface area contributed by atoms with Gasteiger partial charge >= 0.3 is 0 Å². The van der Waals surface area contributed by atoms with Crippen LogP contribution in [0.25, 0.3) is 0 Å². The third-order valence-corrected chi connectivity index (χ3v) is 3.22. The van der Waals surface area contributed by atoms with Gasteiger partial charge in [-0.15, -0.1) is 0 Å². The molecule has 98 valence electrons. The molecular formula is C13H13F3O2. The molecule has 0 spiro atoms. The maximum absolute atomic E-state index is 13.5. The molecule has 18 heavy (non-hydrogen) atoms. The first-order chi connectivity index (χ1) is 8.54. The molecule has 0 saturated carbocycles. The van der Waals surface area contributed by atoms with Crippen molar-refractivity contribution < 1.29 is 22.7 Å². The predicted molar refractivity (Wildman–Crippen MR) is 58.8 cm³/mol. The van der Waals surface area contributed by atoms with Crippen molar-refractivity contribution in [2.45, 2.75) is 25.9 Å². The highest BCUT2D eigenvalue weighted by molar-refractivity contribution is 5.98. The number of ketones is 1. The zero-order chi connectivity index (χ0) is 13.3. The molecule has 0 N–H and O–H groups in total.